The fourth-order valence-corrected chi connectivity index (χ4v) is 4.60. The van der Waals surface area contributed by atoms with Gasteiger partial charge >= 0.3 is 0 Å². The molecule has 1 aromatic carbocycles. The standard InChI is InChI=1S/C18H24N4O2S2/c1-24-15-10-6-5-9-14(15)20-17-21-22-18(26-17)25-12-16(23)19-11-13-7-3-2-4-8-13/h5-6,9-10,13H,2-4,7-8,11-12H2,1H3,(H,19,23)(H,20,21). The third kappa shape index (κ3) is 5.60. The molecule has 0 atom stereocenters. The Kier molecular flexibility index (Phi) is 7.13. The maximum absolute atomic E-state index is 12.0. The summed E-state index contributed by atoms with van der Waals surface area (Å²) in [6, 6.07) is 7.65. The lowest BCUT2D eigenvalue weighted by atomic mass is 9.89. The summed E-state index contributed by atoms with van der Waals surface area (Å²) in [4.78, 5) is 12.0. The first-order valence-electron chi connectivity index (χ1n) is 8.87. The van der Waals surface area contributed by atoms with E-state index in [1.807, 2.05) is 24.3 Å². The lowest BCUT2D eigenvalue weighted by molar-refractivity contribution is -0.118. The number of methoxy groups -OCH3 is 1. The van der Waals surface area contributed by atoms with Gasteiger partial charge in [0.15, 0.2) is 4.34 Å². The molecule has 0 spiro atoms. The van der Waals surface area contributed by atoms with E-state index in [9.17, 15) is 4.79 Å². The molecule has 1 saturated carbocycles. The number of amides is 1. The number of rotatable bonds is 8. The minimum absolute atomic E-state index is 0.0648. The molecule has 0 unspecified atom stereocenters. The van der Waals surface area contributed by atoms with E-state index in [1.165, 1.54) is 55.2 Å². The number of hydrogen-bond acceptors (Lipinski definition) is 7. The van der Waals surface area contributed by atoms with Crippen molar-refractivity contribution in [3.05, 3.63) is 24.3 Å². The number of para-hydroxylation sites is 2. The average Bonchev–Trinajstić information content (AvgIpc) is 3.13. The van der Waals surface area contributed by atoms with Crippen LogP contribution in [0.1, 0.15) is 32.1 Å². The first kappa shape index (κ1) is 19.0. The van der Waals surface area contributed by atoms with Crippen molar-refractivity contribution < 1.29 is 9.53 Å². The Morgan fingerprint density at radius 3 is 2.88 bits per heavy atom. The molecule has 6 nitrogen and oxygen atoms in total. The summed E-state index contributed by atoms with van der Waals surface area (Å²) in [5, 5.41) is 15.2. The van der Waals surface area contributed by atoms with Crippen LogP contribution in [0.4, 0.5) is 10.8 Å². The van der Waals surface area contributed by atoms with E-state index in [4.69, 9.17) is 4.74 Å². The molecule has 3 rings (SSSR count). The van der Waals surface area contributed by atoms with Crippen molar-refractivity contribution >= 4 is 39.8 Å². The SMILES string of the molecule is COc1ccccc1Nc1nnc(SCC(=O)NCC2CCCCC2)s1. The molecule has 1 aliphatic rings. The highest BCUT2D eigenvalue weighted by Crippen LogP contribution is 2.31. The Balaban J connectivity index is 1.43. The minimum atomic E-state index is 0.0648. The second-order valence-corrected chi connectivity index (χ2v) is 8.50. The second-order valence-electron chi connectivity index (χ2n) is 6.30. The summed E-state index contributed by atoms with van der Waals surface area (Å²) in [5.41, 5.74) is 0.841. The van der Waals surface area contributed by atoms with Crippen molar-refractivity contribution in [3.8, 4) is 5.75 Å². The molecule has 1 aromatic heterocycles. The van der Waals surface area contributed by atoms with Crippen LogP contribution in [0.15, 0.2) is 28.6 Å². The predicted molar refractivity (Wildman–Crippen MR) is 106 cm³/mol. The van der Waals surface area contributed by atoms with E-state index < -0.39 is 0 Å². The van der Waals surface area contributed by atoms with Crippen molar-refractivity contribution in [2.45, 2.75) is 36.4 Å². The Morgan fingerprint density at radius 2 is 2.08 bits per heavy atom. The molecule has 1 fully saturated rings. The van der Waals surface area contributed by atoms with Gasteiger partial charge in [0.25, 0.3) is 0 Å². The molecule has 2 aromatic rings. The maximum Gasteiger partial charge on any atom is 0.230 e. The topological polar surface area (TPSA) is 76.1 Å². The van der Waals surface area contributed by atoms with E-state index in [0.717, 1.165) is 22.3 Å². The highest BCUT2D eigenvalue weighted by Gasteiger charge is 2.15. The van der Waals surface area contributed by atoms with E-state index >= 15 is 0 Å². The number of carbonyl (C=O) groups excluding carboxylic acids is 1. The van der Waals surface area contributed by atoms with Gasteiger partial charge in [-0.3, -0.25) is 4.79 Å². The molecular weight excluding hydrogens is 368 g/mol. The monoisotopic (exact) mass is 392 g/mol. The Bertz CT molecular complexity index is 717. The average molecular weight is 393 g/mol. The minimum Gasteiger partial charge on any atom is -0.495 e. The Hall–Kier alpha value is -1.80. The molecule has 2 N–H and O–H groups in total. The molecule has 1 amide bonds. The fraction of sp³-hybridized carbons (Fsp3) is 0.500. The predicted octanol–water partition coefficient (Wildman–Crippen LogP) is 4.08. The Morgan fingerprint density at radius 1 is 1.27 bits per heavy atom. The van der Waals surface area contributed by atoms with Crippen LogP contribution in [0.5, 0.6) is 5.75 Å². The van der Waals surface area contributed by atoms with Crippen LogP contribution in [0.3, 0.4) is 0 Å². The van der Waals surface area contributed by atoms with Crippen LogP contribution >= 0.6 is 23.1 Å². The summed E-state index contributed by atoms with van der Waals surface area (Å²) in [7, 11) is 1.63. The van der Waals surface area contributed by atoms with Crippen molar-refractivity contribution in [1.29, 1.82) is 0 Å². The molecular formula is C18H24N4O2S2. The second kappa shape index (κ2) is 9.78. The van der Waals surface area contributed by atoms with Gasteiger partial charge in [-0.15, -0.1) is 10.2 Å². The van der Waals surface area contributed by atoms with Gasteiger partial charge in [0, 0.05) is 6.54 Å². The van der Waals surface area contributed by atoms with Gasteiger partial charge in [-0.05, 0) is 30.9 Å². The molecule has 0 bridgehead atoms. The van der Waals surface area contributed by atoms with Crippen molar-refractivity contribution in [1.82, 2.24) is 15.5 Å². The smallest absolute Gasteiger partial charge is 0.230 e. The third-order valence-corrected chi connectivity index (χ3v) is 6.37. The maximum atomic E-state index is 12.0. The molecule has 1 aliphatic carbocycles. The molecule has 26 heavy (non-hydrogen) atoms. The van der Waals surface area contributed by atoms with Crippen LogP contribution < -0.4 is 15.4 Å². The van der Waals surface area contributed by atoms with Gasteiger partial charge in [-0.1, -0.05) is 54.5 Å². The number of ether oxygens (including phenoxy) is 1. The number of hydrogen-bond donors (Lipinski definition) is 2. The van der Waals surface area contributed by atoms with Crippen molar-refractivity contribution in [2.24, 2.45) is 5.92 Å². The number of anilines is 2. The molecule has 0 aliphatic heterocycles. The lowest BCUT2D eigenvalue weighted by Gasteiger charge is -2.21. The number of nitrogens with zero attached hydrogens (tertiary/aromatic N) is 2. The summed E-state index contributed by atoms with van der Waals surface area (Å²) in [6.45, 7) is 0.802. The van der Waals surface area contributed by atoms with Gasteiger partial charge in [-0.25, -0.2) is 0 Å². The van der Waals surface area contributed by atoms with Gasteiger partial charge in [0.05, 0.1) is 18.6 Å². The molecule has 140 valence electrons. The van der Waals surface area contributed by atoms with Gasteiger partial charge in [0.2, 0.25) is 11.0 Å². The highest BCUT2D eigenvalue weighted by molar-refractivity contribution is 8.01. The van der Waals surface area contributed by atoms with Crippen molar-refractivity contribution in [2.75, 3.05) is 24.7 Å². The number of carbonyl (C=O) groups is 1. The van der Waals surface area contributed by atoms with Crippen LogP contribution in [-0.2, 0) is 4.79 Å². The molecule has 0 saturated heterocycles. The van der Waals surface area contributed by atoms with Gasteiger partial charge in [-0.2, -0.15) is 0 Å². The number of aromatic nitrogens is 2. The number of thioether (sulfide) groups is 1. The number of benzene rings is 1. The zero-order chi connectivity index (χ0) is 18.2. The van der Waals surface area contributed by atoms with E-state index in [1.54, 1.807) is 7.11 Å². The largest absolute Gasteiger partial charge is 0.495 e. The lowest BCUT2D eigenvalue weighted by Crippen LogP contribution is -2.31. The first-order valence-corrected chi connectivity index (χ1v) is 10.7. The van der Waals surface area contributed by atoms with Gasteiger partial charge < -0.3 is 15.4 Å². The zero-order valence-corrected chi connectivity index (χ0v) is 16.5. The molecule has 8 heteroatoms. The Labute approximate surface area is 162 Å². The van der Waals surface area contributed by atoms with Crippen LogP contribution in [-0.4, -0.2) is 35.5 Å². The zero-order valence-electron chi connectivity index (χ0n) is 14.9. The van der Waals surface area contributed by atoms with Crippen LogP contribution in [0.25, 0.3) is 0 Å². The first-order chi connectivity index (χ1) is 12.7. The molecule has 0 radical (unpaired) electrons. The van der Waals surface area contributed by atoms with E-state index in [0.29, 0.717) is 16.8 Å². The quantitative estimate of drug-likeness (QED) is 0.659. The van der Waals surface area contributed by atoms with Crippen LogP contribution in [0.2, 0.25) is 0 Å². The summed E-state index contributed by atoms with van der Waals surface area (Å²) in [5.74, 6) is 1.83. The number of nitrogens with one attached hydrogen (secondary N) is 2. The third-order valence-electron chi connectivity index (χ3n) is 4.39. The normalized spacial score (nSPS) is 14.8. The van der Waals surface area contributed by atoms with E-state index in [-0.39, 0.29) is 5.91 Å². The van der Waals surface area contributed by atoms with Gasteiger partial charge in [0.1, 0.15) is 5.75 Å². The molecule has 1 heterocycles. The summed E-state index contributed by atoms with van der Waals surface area (Å²) >= 11 is 2.85. The van der Waals surface area contributed by atoms with E-state index in [2.05, 4.69) is 20.8 Å². The fourth-order valence-electron chi connectivity index (χ4n) is 3.01. The summed E-state index contributed by atoms with van der Waals surface area (Å²) < 4.78 is 6.09. The summed E-state index contributed by atoms with van der Waals surface area (Å²) in [6.07, 6.45) is 6.40. The van der Waals surface area contributed by atoms with Crippen molar-refractivity contribution in [3.63, 3.8) is 0 Å². The highest BCUT2D eigenvalue weighted by atomic mass is 32.2. The van der Waals surface area contributed by atoms with Crippen LogP contribution in [0, 0.1) is 5.92 Å².